The average molecular weight is 299 g/mol. The van der Waals surface area contributed by atoms with E-state index < -0.39 is 0 Å². The minimum atomic E-state index is -0.307. The van der Waals surface area contributed by atoms with E-state index >= 15 is 0 Å². The van der Waals surface area contributed by atoms with Crippen LogP contribution in [0.3, 0.4) is 0 Å². The molecule has 108 valence electrons. The van der Waals surface area contributed by atoms with Crippen LogP contribution in [0, 0.1) is 0 Å². The number of fused-ring (bicyclic) bond motifs is 3. The number of anilines is 1. The molecule has 4 nitrogen and oxygen atoms in total. The molecule has 2 aliphatic heterocycles. The van der Waals surface area contributed by atoms with Crippen LogP contribution < -0.4 is 4.90 Å². The van der Waals surface area contributed by atoms with Crippen molar-refractivity contribution in [3.63, 3.8) is 0 Å². The first-order valence-electron chi connectivity index (χ1n) is 6.96. The standard InChI is InChI=1S/C16H17N3OS/c1-10-8-16-6-4-5-7-18(16)15-17-9-12(21)19(15)14(16)11(2)13(10)20-3/h4-9,13,21H,1-3H3. The van der Waals surface area contributed by atoms with Gasteiger partial charge in [0.1, 0.15) is 11.6 Å². The summed E-state index contributed by atoms with van der Waals surface area (Å²) in [5, 5.41) is 0.845. The zero-order chi connectivity index (χ0) is 14.8. The molecule has 0 saturated carbocycles. The predicted octanol–water partition coefficient (Wildman–Crippen LogP) is 3.02. The molecule has 3 heterocycles. The van der Waals surface area contributed by atoms with Crippen molar-refractivity contribution in [3.8, 4) is 0 Å². The maximum atomic E-state index is 5.69. The number of thiol groups is 1. The second kappa shape index (κ2) is 4.15. The van der Waals surface area contributed by atoms with Gasteiger partial charge in [-0.25, -0.2) is 4.98 Å². The van der Waals surface area contributed by atoms with E-state index in [0.29, 0.717) is 0 Å². The highest BCUT2D eigenvalue weighted by Crippen LogP contribution is 2.51. The molecule has 0 saturated heterocycles. The molecule has 1 aliphatic carbocycles. The minimum Gasteiger partial charge on any atom is -0.373 e. The Balaban J connectivity index is 2.07. The maximum Gasteiger partial charge on any atom is 0.216 e. The van der Waals surface area contributed by atoms with E-state index in [1.54, 1.807) is 13.3 Å². The fourth-order valence-corrected chi connectivity index (χ4v) is 4.04. The van der Waals surface area contributed by atoms with Gasteiger partial charge in [0.05, 0.1) is 16.9 Å². The van der Waals surface area contributed by atoms with Crippen LogP contribution in [-0.2, 0) is 4.74 Å². The molecular formula is C16H17N3OS. The quantitative estimate of drug-likeness (QED) is 0.639. The number of nitrogens with zero attached hydrogens (tertiary/aromatic N) is 3. The lowest BCUT2D eigenvalue weighted by atomic mass is 9.80. The van der Waals surface area contributed by atoms with Crippen LogP contribution in [0.15, 0.2) is 52.9 Å². The van der Waals surface area contributed by atoms with Gasteiger partial charge < -0.3 is 4.74 Å². The number of allylic oxidation sites excluding steroid dienone is 2. The highest BCUT2D eigenvalue weighted by Gasteiger charge is 2.50. The van der Waals surface area contributed by atoms with Crippen LogP contribution in [0.2, 0.25) is 0 Å². The van der Waals surface area contributed by atoms with Gasteiger partial charge in [0.25, 0.3) is 0 Å². The zero-order valence-corrected chi connectivity index (χ0v) is 13.1. The van der Waals surface area contributed by atoms with Crippen molar-refractivity contribution in [1.29, 1.82) is 0 Å². The number of hydrogen-bond acceptors (Lipinski definition) is 4. The summed E-state index contributed by atoms with van der Waals surface area (Å²) in [6.07, 6.45) is 12.5. The summed E-state index contributed by atoms with van der Waals surface area (Å²) < 4.78 is 7.80. The van der Waals surface area contributed by atoms with E-state index in [4.69, 9.17) is 4.74 Å². The monoisotopic (exact) mass is 299 g/mol. The van der Waals surface area contributed by atoms with Crippen molar-refractivity contribution in [3.05, 3.63) is 47.8 Å². The first-order valence-corrected chi connectivity index (χ1v) is 7.40. The molecule has 4 rings (SSSR count). The van der Waals surface area contributed by atoms with Crippen LogP contribution in [-0.4, -0.2) is 28.3 Å². The Morgan fingerprint density at radius 1 is 1.33 bits per heavy atom. The van der Waals surface area contributed by atoms with Gasteiger partial charge in [-0.3, -0.25) is 9.47 Å². The summed E-state index contributed by atoms with van der Waals surface area (Å²) >= 11 is 4.58. The zero-order valence-electron chi connectivity index (χ0n) is 12.2. The van der Waals surface area contributed by atoms with Gasteiger partial charge in [0.15, 0.2) is 0 Å². The molecule has 3 aliphatic rings. The Morgan fingerprint density at radius 3 is 2.90 bits per heavy atom. The molecule has 0 aromatic carbocycles. The van der Waals surface area contributed by atoms with E-state index in [1.807, 2.05) is 6.08 Å². The second-order valence-corrected chi connectivity index (χ2v) is 6.14. The highest BCUT2D eigenvalue weighted by atomic mass is 32.1. The van der Waals surface area contributed by atoms with Crippen molar-refractivity contribution >= 4 is 24.3 Å². The molecule has 0 amide bonds. The van der Waals surface area contributed by atoms with E-state index in [0.717, 1.165) is 11.0 Å². The number of ether oxygens (including phenoxy) is 1. The van der Waals surface area contributed by atoms with Crippen LogP contribution in [0.25, 0.3) is 5.70 Å². The summed E-state index contributed by atoms with van der Waals surface area (Å²) in [6.45, 7) is 4.25. The lowest BCUT2D eigenvalue weighted by Gasteiger charge is -2.39. The SMILES string of the molecule is COC1C(C)=CC23C=CC=CN2c2ncc(S)n2C3=C1C. The number of hydrogen-bond donors (Lipinski definition) is 1. The molecule has 21 heavy (non-hydrogen) atoms. The van der Waals surface area contributed by atoms with Crippen molar-refractivity contribution in [1.82, 2.24) is 9.55 Å². The molecule has 0 radical (unpaired) electrons. The summed E-state index contributed by atoms with van der Waals surface area (Å²) in [5.41, 5.74) is 3.29. The average Bonchev–Trinajstić information content (AvgIpc) is 2.95. The lowest BCUT2D eigenvalue weighted by Crippen LogP contribution is -2.44. The largest absolute Gasteiger partial charge is 0.373 e. The third-order valence-electron chi connectivity index (χ3n) is 4.50. The van der Waals surface area contributed by atoms with E-state index in [2.05, 4.69) is 65.4 Å². The van der Waals surface area contributed by atoms with Crippen molar-refractivity contribution in [2.45, 2.75) is 30.5 Å². The topological polar surface area (TPSA) is 30.3 Å². The first kappa shape index (κ1) is 13.0. The van der Waals surface area contributed by atoms with Gasteiger partial charge in [-0.05, 0) is 43.2 Å². The molecule has 5 heteroatoms. The molecule has 1 aromatic rings. The summed E-state index contributed by atoms with van der Waals surface area (Å²) in [5.74, 6) is 0.899. The fourth-order valence-electron chi connectivity index (χ4n) is 3.79. The molecule has 1 spiro atoms. The number of rotatable bonds is 1. The van der Waals surface area contributed by atoms with Gasteiger partial charge in [0, 0.05) is 13.3 Å². The Kier molecular flexibility index (Phi) is 2.56. The Morgan fingerprint density at radius 2 is 2.14 bits per heavy atom. The first-order chi connectivity index (χ1) is 10.1. The van der Waals surface area contributed by atoms with E-state index in [1.165, 1.54) is 16.8 Å². The van der Waals surface area contributed by atoms with E-state index in [9.17, 15) is 0 Å². The molecular weight excluding hydrogens is 282 g/mol. The molecule has 2 unspecified atom stereocenters. The molecule has 0 fully saturated rings. The normalized spacial score (nSPS) is 29.4. The lowest BCUT2D eigenvalue weighted by molar-refractivity contribution is 0.157. The third-order valence-corrected chi connectivity index (χ3v) is 4.82. The molecule has 1 aromatic heterocycles. The summed E-state index contributed by atoms with van der Waals surface area (Å²) in [6, 6.07) is 0. The number of imidazole rings is 1. The maximum absolute atomic E-state index is 5.69. The van der Waals surface area contributed by atoms with Crippen LogP contribution in [0.4, 0.5) is 5.95 Å². The van der Waals surface area contributed by atoms with Crippen LogP contribution in [0.5, 0.6) is 0 Å². The van der Waals surface area contributed by atoms with Gasteiger partial charge in [0.2, 0.25) is 5.95 Å². The summed E-state index contributed by atoms with van der Waals surface area (Å²) in [7, 11) is 1.75. The highest BCUT2D eigenvalue weighted by molar-refractivity contribution is 7.80. The van der Waals surface area contributed by atoms with Gasteiger partial charge in [-0.2, -0.15) is 0 Å². The third kappa shape index (κ3) is 1.43. The van der Waals surface area contributed by atoms with Gasteiger partial charge >= 0.3 is 0 Å². The Labute approximate surface area is 129 Å². The smallest absolute Gasteiger partial charge is 0.216 e. The van der Waals surface area contributed by atoms with E-state index in [-0.39, 0.29) is 11.6 Å². The molecule has 2 atom stereocenters. The van der Waals surface area contributed by atoms with Gasteiger partial charge in [-0.1, -0.05) is 6.08 Å². The minimum absolute atomic E-state index is 0.00728. The van der Waals surface area contributed by atoms with Crippen molar-refractivity contribution < 1.29 is 4.74 Å². The molecule has 0 bridgehead atoms. The number of methoxy groups -OCH3 is 1. The summed E-state index contributed by atoms with van der Waals surface area (Å²) in [4.78, 5) is 6.73. The van der Waals surface area contributed by atoms with Crippen LogP contribution in [0.1, 0.15) is 13.8 Å². The predicted molar refractivity (Wildman–Crippen MR) is 86.4 cm³/mol. The Bertz CT molecular complexity index is 756. The van der Waals surface area contributed by atoms with Gasteiger partial charge in [-0.15, -0.1) is 12.6 Å². The van der Waals surface area contributed by atoms with Crippen molar-refractivity contribution in [2.24, 2.45) is 0 Å². The second-order valence-electron chi connectivity index (χ2n) is 5.68. The molecule has 0 N–H and O–H groups in total. The fraction of sp³-hybridized carbons (Fsp3) is 0.312. The Hall–Kier alpha value is -1.72. The number of aromatic nitrogens is 2. The van der Waals surface area contributed by atoms with Crippen molar-refractivity contribution in [2.75, 3.05) is 12.0 Å². The van der Waals surface area contributed by atoms with Crippen LogP contribution >= 0.6 is 12.6 Å².